The maximum Gasteiger partial charge on any atom is 0.255 e. The molecule has 1 N–H and O–H groups in total. The van der Waals surface area contributed by atoms with Gasteiger partial charge in [0.25, 0.3) is 5.91 Å². The summed E-state index contributed by atoms with van der Waals surface area (Å²) in [4.78, 5) is 39.2. The standard InChI is InChI=1S/C22H16F2N2O3/c23-15-2-1-3-16(19(15)24)25-20(27)11-6-8-14(9-7-11)26-21(28)17-12-4-5-13(10-12)18(17)22(26)29/h1-9,12-13,17-18H,10H2,(H,25,27)/t12-,13+,17-,18+. The van der Waals surface area contributed by atoms with Crippen LogP contribution < -0.4 is 10.2 Å². The minimum Gasteiger partial charge on any atom is -0.319 e. The lowest BCUT2D eigenvalue weighted by atomic mass is 9.85. The fourth-order valence-electron chi connectivity index (χ4n) is 4.71. The van der Waals surface area contributed by atoms with Gasteiger partial charge in [-0.1, -0.05) is 18.2 Å². The second kappa shape index (κ2) is 6.34. The van der Waals surface area contributed by atoms with Crippen LogP contribution in [0.2, 0.25) is 0 Å². The summed E-state index contributed by atoms with van der Waals surface area (Å²) in [5.41, 5.74) is 0.334. The molecule has 2 aromatic carbocycles. The second-order valence-corrected chi connectivity index (χ2v) is 7.61. The van der Waals surface area contributed by atoms with Gasteiger partial charge >= 0.3 is 0 Å². The molecule has 0 aromatic heterocycles. The van der Waals surface area contributed by atoms with E-state index in [0.717, 1.165) is 12.5 Å². The van der Waals surface area contributed by atoms with Crippen molar-refractivity contribution < 1.29 is 23.2 Å². The number of amides is 3. The molecule has 0 spiro atoms. The fourth-order valence-corrected chi connectivity index (χ4v) is 4.71. The number of hydrogen-bond acceptors (Lipinski definition) is 3. The van der Waals surface area contributed by atoms with Crippen molar-refractivity contribution in [2.75, 3.05) is 10.2 Å². The molecule has 146 valence electrons. The number of halogens is 2. The van der Waals surface area contributed by atoms with E-state index in [9.17, 15) is 23.2 Å². The highest BCUT2D eigenvalue weighted by atomic mass is 19.2. The van der Waals surface area contributed by atoms with Crippen molar-refractivity contribution in [3.63, 3.8) is 0 Å². The Kier molecular flexibility index (Phi) is 3.87. The molecule has 5 rings (SSSR count). The molecule has 2 bridgehead atoms. The lowest BCUT2D eigenvalue weighted by molar-refractivity contribution is -0.123. The molecule has 1 aliphatic heterocycles. The highest BCUT2D eigenvalue weighted by Crippen LogP contribution is 2.53. The number of imide groups is 1. The van der Waals surface area contributed by atoms with Gasteiger partial charge in [0.05, 0.1) is 23.2 Å². The number of nitrogens with one attached hydrogen (secondary N) is 1. The van der Waals surface area contributed by atoms with Gasteiger partial charge in [-0.3, -0.25) is 19.3 Å². The van der Waals surface area contributed by atoms with E-state index >= 15 is 0 Å². The molecular formula is C22H16F2N2O3. The van der Waals surface area contributed by atoms with E-state index in [4.69, 9.17) is 0 Å². The summed E-state index contributed by atoms with van der Waals surface area (Å²) in [5.74, 6) is -3.56. The largest absolute Gasteiger partial charge is 0.319 e. The van der Waals surface area contributed by atoms with Gasteiger partial charge in [-0.05, 0) is 54.7 Å². The summed E-state index contributed by atoms with van der Waals surface area (Å²) >= 11 is 0. The number of allylic oxidation sites excluding steroid dienone is 2. The fraction of sp³-hybridized carbons (Fsp3) is 0.227. The van der Waals surface area contributed by atoms with Crippen LogP contribution in [0.4, 0.5) is 20.2 Å². The van der Waals surface area contributed by atoms with Crippen LogP contribution in [0.5, 0.6) is 0 Å². The molecule has 3 aliphatic rings. The Morgan fingerprint density at radius 2 is 1.55 bits per heavy atom. The van der Waals surface area contributed by atoms with Crippen molar-refractivity contribution in [1.82, 2.24) is 0 Å². The van der Waals surface area contributed by atoms with Gasteiger partial charge in [-0.15, -0.1) is 0 Å². The minimum absolute atomic E-state index is 0.123. The molecule has 7 heteroatoms. The SMILES string of the molecule is O=C(Nc1cccc(F)c1F)c1ccc(N2C(=O)[C@@H]3[C@H](C2=O)[C@@H]2C=C[C@H]3C2)cc1. The molecule has 0 radical (unpaired) electrons. The molecule has 3 amide bonds. The number of nitrogens with zero attached hydrogens (tertiary/aromatic N) is 1. The second-order valence-electron chi connectivity index (χ2n) is 7.61. The summed E-state index contributed by atoms with van der Waals surface area (Å²) < 4.78 is 27.0. The van der Waals surface area contributed by atoms with Gasteiger partial charge in [0.1, 0.15) is 0 Å². The lowest BCUT2D eigenvalue weighted by Gasteiger charge is -2.17. The third kappa shape index (κ3) is 2.61. The molecule has 0 unspecified atom stereocenters. The average Bonchev–Trinajstić information content (AvgIpc) is 3.39. The van der Waals surface area contributed by atoms with Crippen LogP contribution in [-0.4, -0.2) is 17.7 Å². The zero-order valence-electron chi connectivity index (χ0n) is 15.1. The first-order valence-corrected chi connectivity index (χ1v) is 9.37. The summed E-state index contributed by atoms with van der Waals surface area (Å²) in [6.07, 6.45) is 4.91. The molecule has 29 heavy (non-hydrogen) atoms. The van der Waals surface area contributed by atoms with Crippen molar-refractivity contribution in [3.05, 3.63) is 71.8 Å². The molecule has 2 aliphatic carbocycles. The quantitative estimate of drug-likeness (QED) is 0.640. The van der Waals surface area contributed by atoms with Crippen LogP contribution in [0, 0.1) is 35.3 Å². The van der Waals surface area contributed by atoms with E-state index in [1.54, 1.807) is 0 Å². The normalized spacial score (nSPS) is 26.9. The van der Waals surface area contributed by atoms with Gasteiger partial charge in [-0.25, -0.2) is 8.78 Å². The minimum atomic E-state index is -1.14. The average molecular weight is 394 g/mol. The molecular weight excluding hydrogens is 378 g/mol. The van der Waals surface area contributed by atoms with E-state index in [0.29, 0.717) is 5.69 Å². The maximum atomic E-state index is 13.7. The molecule has 1 heterocycles. The van der Waals surface area contributed by atoms with Crippen molar-refractivity contribution in [3.8, 4) is 0 Å². The molecule has 1 saturated heterocycles. The smallest absolute Gasteiger partial charge is 0.255 e. The first-order valence-electron chi connectivity index (χ1n) is 9.37. The molecule has 2 aromatic rings. The van der Waals surface area contributed by atoms with Crippen LogP contribution >= 0.6 is 0 Å². The number of fused-ring (bicyclic) bond motifs is 5. The van der Waals surface area contributed by atoms with E-state index in [2.05, 4.69) is 5.32 Å². The first-order chi connectivity index (χ1) is 14.0. The van der Waals surface area contributed by atoms with Crippen molar-refractivity contribution >= 4 is 29.1 Å². The summed E-state index contributed by atoms with van der Waals surface area (Å²) in [5, 5.41) is 2.32. The van der Waals surface area contributed by atoms with Gasteiger partial charge < -0.3 is 5.32 Å². The van der Waals surface area contributed by atoms with Crippen LogP contribution in [0.15, 0.2) is 54.6 Å². The van der Waals surface area contributed by atoms with Crippen LogP contribution in [0.1, 0.15) is 16.8 Å². The molecule has 2 fully saturated rings. The number of carbonyl (C=O) groups excluding carboxylic acids is 3. The van der Waals surface area contributed by atoms with Crippen LogP contribution in [-0.2, 0) is 9.59 Å². The van der Waals surface area contributed by atoms with Crippen molar-refractivity contribution in [1.29, 1.82) is 0 Å². The van der Waals surface area contributed by atoms with E-state index < -0.39 is 17.5 Å². The topological polar surface area (TPSA) is 66.5 Å². The number of benzene rings is 2. The molecule has 1 saturated carbocycles. The predicted octanol–water partition coefficient (Wildman–Crippen LogP) is 3.53. The number of rotatable bonds is 3. The molecule has 5 nitrogen and oxygen atoms in total. The zero-order chi connectivity index (χ0) is 20.3. The van der Waals surface area contributed by atoms with Gasteiger partial charge in [0.2, 0.25) is 11.8 Å². The number of carbonyl (C=O) groups is 3. The number of hydrogen-bond donors (Lipinski definition) is 1. The Hall–Kier alpha value is -3.35. The van der Waals surface area contributed by atoms with E-state index in [1.165, 1.54) is 41.3 Å². The van der Waals surface area contributed by atoms with Crippen molar-refractivity contribution in [2.24, 2.45) is 23.7 Å². The lowest BCUT2D eigenvalue weighted by Crippen LogP contribution is -2.32. The van der Waals surface area contributed by atoms with E-state index in [-0.39, 0.29) is 46.7 Å². The maximum absolute atomic E-state index is 13.7. The van der Waals surface area contributed by atoms with Crippen molar-refractivity contribution in [2.45, 2.75) is 6.42 Å². The summed E-state index contributed by atoms with van der Waals surface area (Å²) in [7, 11) is 0. The van der Waals surface area contributed by atoms with Crippen LogP contribution in [0.3, 0.4) is 0 Å². The zero-order valence-corrected chi connectivity index (χ0v) is 15.1. The van der Waals surface area contributed by atoms with Gasteiger partial charge in [0, 0.05) is 5.56 Å². The Balaban J connectivity index is 1.36. The van der Waals surface area contributed by atoms with Gasteiger partial charge in [-0.2, -0.15) is 0 Å². The molecule has 4 atom stereocenters. The van der Waals surface area contributed by atoms with E-state index in [1.807, 2.05) is 12.2 Å². The predicted molar refractivity (Wildman–Crippen MR) is 101 cm³/mol. The monoisotopic (exact) mass is 394 g/mol. The highest BCUT2D eigenvalue weighted by Gasteiger charge is 2.59. The number of anilines is 2. The Morgan fingerprint density at radius 3 is 2.17 bits per heavy atom. The third-order valence-corrected chi connectivity index (χ3v) is 6.06. The Labute approximate surface area is 165 Å². The Morgan fingerprint density at radius 1 is 0.931 bits per heavy atom. The highest BCUT2D eigenvalue weighted by molar-refractivity contribution is 6.23. The third-order valence-electron chi connectivity index (χ3n) is 6.06. The summed E-state index contributed by atoms with van der Waals surface area (Å²) in [6.45, 7) is 0. The van der Waals surface area contributed by atoms with Crippen LogP contribution in [0.25, 0.3) is 0 Å². The first kappa shape index (κ1) is 17.7. The Bertz CT molecular complexity index is 1050. The summed E-state index contributed by atoms with van der Waals surface area (Å²) in [6, 6.07) is 9.44. The van der Waals surface area contributed by atoms with Gasteiger partial charge in [0.15, 0.2) is 11.6 Å².